The van der Waals surface area contributed by atoms with E-state index in [4.69, 9.17) is 10.5 Å². The molecule has 1 unspecified atom stereocenters. The molecule has 3 heteroatoms. The third-order valence-corrected chi connectivity index (χ3v) is 2.66. The SMILES string of the molecule is COc1ccc(C(=O)C(C)CCCN)cc1. The number of carbonyl (C=O) groups is 1. The Hall–Kier alpha value is -1.35. The second-order valence-corrected chi connectivity index (χ2v) is 3.92. The highest BCUT2D eigenvalue weighted by atomic mass is 16.5. The van der Waals surface area contributed by atoms with Gasteiger partial charge in [0.2, 0.25) is 0 Å². The minimum absolute atomic E-state index is 0.0388. The van der Waals surface area contributed by atoms with Crippen LogP contribution in [-0.2, 0) is 0 Å². The van der Waals surface area contributed by atoms with E-state index in [2.05, 4.69) is 0 Å². The first-order valence-corrected chi connectivity index (χ1v) is 5.57. The number of methoxy groups -OCH3 is 1. The Morgan fingerprint density at radius 3 is 2.50 bits per heavy atom. The molecule has 0 aromatic heterocycles. The molecule has 0 fully saturated rings. The topological polar surface area (TPSA) is 52.3 Å². The maximum absolute atomic E-state index is 12.0. The van der Waals surface area contributed by atoms with E-state index in [1.165, 1.54) is 0 Å². The fraction of sp³-hybridized carbons (Fsp3) is 0.462. The van der Waals surface area contributed by atoms with Crippen molar-refractivity contribution in [2.75, 3.05) is 13.7 Å². The molecule has 0 spiro atoms. The van der Waals surface area contributed by atoms with Gasteiger partial charge in [-0.3, -0.25) is 4.79 Å². The van der Waals surface area contributed by atoms with Crippen LogP contribution < -0.4 is 10.5 Å². The molecule has 2 N–H and O–H groups in total. The third kappa shape index (κ3) is 3.35. The van der Waals surface area contributed by atoms with Gasteiger partial charge >= 0.3 is 0 Å². The van der Waals surface area contributed by atoms with E-state index in [0.717, 1.165) is 24.2 Å². The number of benzene rings is 1. The van der Waals surface area contributed by atoms with Gasteiger partial charge in [0.15, 0.2) is 5.78 Å². The number of ketones is 1. The zero-order valence-electron chi connectivity index (χ0n) is 9.90. The van der Waals surface area contributed by atoms with Crippen LogP contribution in [0.25, 0.3) is 0 Å². The lowest BCUT2D eigenvalue weighted by Crippen LogP contribution is -2.13. The second kappa shape index (κ2) is 6.28. The number of hydrogen-bond donors (Lipinski definition) is 1. The monoisotopic (exact) mass is 221 g/mol. The highest BCUT2D eigenvalue weighted by Gasteiger charge is 2.14. The minimum Gasteiger partial charge on any atom is -0.497 e. The van der Waals surface area contributed by atoms with Gasteiger partial charge in [0, 0.05) is 11.5 Å². The molecule has 16 heavy (non-hydrogen) atoms. The Kier molecular flexibility index (Phi) is 4.99. The molecular formula is C13H19NO2. The summed E-state index contributed by atoms with van der Waals surface area (Å²) in [6, 6.07) is 7.23. The van der Waals surface area contributed by atoms with E-state index in [0.29, 0.717) is 6.54 Å². The number of ether oxygens (including phenoxy) is 1. The summed E-state index contributed by atoms with van der Waals surface area (Å²) in [5, 5.41) is 0. The lowest BCUT2D eigenvalue weighted by atomic mass is 9.95. The van der Waals surface area contributed by atoms with Crippen LogP contribution in [0.15, 0.2) is 24.3 Å². The van der Waals surface area contributed by atoms with Crippen molar-refractivity contribution in [2.45, 2.75) is 19.8 Å². The maximum atomic E-state index is 12.0. The number of carbonyl (C=O) groups excluding carboxylic acids is 1. The standard InChI is InChI=1S/C13H19NO2/c1-10(4-3-9-14)13(15)11-5-7-12(16-2)8-6-11/h5-8,10H,3-4,9,14H2,1-2H3. The fourth-order valence-electron chi connectivity index (χ4n) is 1.59. The average molecular weight is 221 g/mol. The zero-order chi connectivity index (χ0) is 12.0. The molecule has 0 aliphatic rings. The largest absolute Gasteiger partial charge is 0.497 e. The molecule has 1 aromatic rings. The number of rotatable bonds is 6. The van der Waals surface area contributed by atoms with Crippen LogP contribution in [0.4, 0.5) is 0 Å². The van der Waals surface area contributed by atoms with E-state index >= 15 is 0 Å². The lowest BCUT2D eigenvalue weighted by molar-refractivity contribution is 0.0923. The first-order chi connectivity index (χ1) is 7.69. The summed E-state index contributed by atoms with van der Waals surface area (Å²) in [7, 11) is 1.61. The fourth-order valence-corrected chi connectivity index (χ4v) is 1.59. The molecule has 0 saturated heterocycles. The summed E-state index contributed by atoms with van der Waals surface area (Å²) in [6.45, 7) is 2.59. The third-order valence-electron chi connectivity index (χ3n) is 2.66. The van der Waals surface area contributed by atoms with E-state index < -0.39 is 0 Å². The molecule has 3 nitrogen and oxygen atoms in total. The van der Waals surface area contributed by atoms with E-state index in [-0.39, 0.29) is 11.7 Å². The van der Waals surface area contributed by atoms with Crippen molar-refractivity contribution in [3.05, 3.63) is 29.8 Å². The van der Waals surface area contributed by atoms with Crippen molar-refractivity contribution < 1.29 is 9.53 Å². The van der Waals surface area contributed by atoms with Crippen LogP contribution >= 0.6 is 0 Å². The predicted octanol–water partition coefficient (Wildman–Crippen LogP) is 2.25. The van der Waals surface area contributed by atoms with Crippen molar-refractivity contribution in [1.82, 2.24) is 0 Å². The summed E-state index contributed by atoms with van der Waals surface area (Å²) in [5.74, 6) is 0.985. The molecule has 0 amide bonds. The Morgan fingerprint density at radius 1 is 1.38 bits per heavy atom. The zero-order valence-corrected chi connectivity index (χ0v) is 9.90. The molecule has 88 valence electrons. The smallest absolute Gasteiger partial charge is 0.165 e. The lowest BCUT2D eigenvalue weighted by Gasteiger charge is -2.09. The van der Waals surface area contributed by atoms with Gasteiger partial charge in [0.05, 0.1) is 7.11 Å². The Bertz CT molecular complexity index is 332. The van der Waals surface area contributed by atoms with Crippen LogP contribution in [0.1, 0.15) is 30.1 Å². The molecule has 1 atom stereocenters. The van der Waals surface area contributed by atoms with E-state index in [9.17, 15) is 4.79 Å². The molecule has 1 aromatic carbocycles. The average Bonchev–Trinajstić information content (AvgIpc) is 2.35. The van der Waals surface area contributed by atoms with Crippen LogP contribution in [0.2, 0.25) is 0 Å². The van der Waals surface area contributed by atoms with Gasteiger partial charge in [-0.05, 0) is 43.7 Å². The summed E-state index contributed by atoms with van der Waals surface area (Å²) < 4.78 is 5.05. The normalized spacial score (nSPS) is 12.2. The van der Waals surface area contributed by atoms with E-state index in [1.807, 2.05) is 19.1 Å². The highest BCUT2D eigenvalue weighted by molar-refractivity contribution is 5.97. The molecular weight excluding hydrogens is 202 g/mol. The van der Waals surface area contributed by atoms with Crippen LogP contribution in [0.5, 0.6) is 5.75 Å². The summed E-state index contributed by atoms with van der Waals surface area (Å²) in [6.07, 6.45) is 1.74. The van der Waals surface area contributed by atoms with Gasteiger partial charge in [0.25, 0.3) is 0 Å². The number of hydrogen-bond acceptors (Lipinski definition) is 3. The van der Waals surface area contributed by atoms with Gasteiger partial charge in [-0.1, -0.05) is 6.92 Å². The Labute approximate surface area is 96.6 Å². The number of nitrogens with two attached hydrogens (primary N) is 1. The van der Waals surface area contributed by atoms with Gasteiger partial charge in [0.1, 0.15) is 5.75 Å². The van der Waals surface area contributed by atoms with Crippen LogP contribution in [-0.4, -0.2) is 19.4 Å². The molecule has 0 aliphatic heterocycles. The first kappa shape index (κ1) is 12.7. The van der Waals surface area contributed by atoms with Gasteiger partial charge in [-0.2, -0.15) is 0 Å². The molecule has 0 aliphatic carbocycles. The molecule has 0 saturated carbocycles. The van der Waals surface area contributed by atoms with Crippen molar-refractivity contribution in [2.24, 2.45) is 11.7 Å². The van der Waals surface area contributed by atoms with Crippen molar-refractivity contribution in [1.29, 1.82) is 0 Å². The highest BCUT2D eigenvalue weighted by Crippen LogP contribution is 2.17. The van der Waals surface area contributed by atoms with Gasteiger partial charge < -0.3 is 10.5 Å². The summed E-state index contributed by atoms with van der Waals surface area (Å²) in [5.41, 5.74) is 6.17. The predicted molar refractivity (Wildman–Crippen MR) is 64.8 cm³/mol. The quantitative estimate of drug-likeness (QED) is 0.750. The molecule has 0 heterocycles. The minimum atomic E-state index is 0.0388. The summed E-state index contributed by atoms with van der Waals surface area (Å²) in [4.78, 5) is 12.0. The molecule has 1 rings (SSSR count). The van der Waals surface area contributed by atoms with Crippen molar-refractivity contribution in [3.8, 4) is 5.75 Å². The van der Waals surface area contributed by atoms with Crippen LogP contribution in [0.3, 0.4) is 0 Å². The van der Waals surface area contributed by atoms with Crippen molar-refractivity contribution in [3.63, 3.8) is 0 Å². The van der Waals surface area contributed by atoms with E-state index in [1.54, 1.807) is 19.2 Å². The molecule has 0 bridgehead atoms. The van der Waals surface area contributed by atoms with Crippen LogP contribution in [0, 0.1) is 5.92 Å². The van der Waals surface area contributed by atoms with Gasteiger partial charge in [-0.25, -0.2) is 0 Å². The summed E-state index contributed by atoms with van der Waals surface area (Å²) >= 11 is 0. The number of Topliss-reactive ketones (excluding diaryl/α,β-unsaturated/α-hetero) is 1. The molecule has 0 radical (unpaired) electrons. The maximum Gasteiger partial charge on any atom is 0.165 e. The van der Waals surface area contributed by atoms with Crippen molar-refractivity contribution >= 4 is 5.78 Å². The Balaban J connectivity index is 2.64. The Morgan fingerprint density at radius 2 is 2.00 bits per heavy atom. The second-order valence-electron chi connectivity index (χ2n) is 3.92. The van der Waals surface area contributed by atoms with Gasteiger partial charge in [-0.15, -0.1) is 0 Å². The first-order valence-electron chi connectivity index (χ1n) is 5.57.